The summed E-state index contributed by atoms with van der Waals surface area (Å²) in [4.78, 5) is 39.2. The molecule has 3 N–H and O–H groups in total. The molecule has 0 saturated carbocycles. The Morgan fingerprint density at radius 3 is 2.67 bits per heavy atom. The van der Waals surface area contributed by atoms with Gasteiger partial charge in [-0.15, -0.1) is 0 Å². The van der Waals surface area contributed by atoms with Crippen LogP contribution in [0.2, 0.25) is 5.02 Å². The number of hydrogen-bond donors (Lipinski definition) is 3. The number of carbonyl (C=O) groups excluding carboxylic acids is 1. The van der Waals surface area contributed by atoms with Crippen LogP contribution in [0.25, 0.3) is 22.0 Å². The maximum absolute atomic E-state index is 13.1. The predicted molar refractivity (Wildman–Crippen MR) is 163 cm³/mol. The van der Waals surface area contributed by atoms with E-state index in [0.29, 0.717) is 43.6 Å². The molecule has 1 unspecified atom stereocenters. The average Bonchev–Trinajstić information content (AvgIpc) is 3.60. The van der Waals surface area contributed by atoms with E-state index < -0.39 is 12.0 Å². The Morgan fingerprint density at radius 1 is 1.07 bits per heavy atom. The molecule has 42 heavy (non-hydrogen) atoms. The number of aryl methyl sites for hydroxylation is 1. The van der Waals surface area contributed by atoms with Crippen molar-refractivity contribution in [3.63, 3.8) is 0 Å². The number of aliphatic carboxylic acids is 1. The van der Waals surface area contributed by atoms with Gasteiger partial charge >= 0.3 is 12.0 Å². The number of phenolic OH excluding ortho intramolecular Hbond substituents is 1. The first-order valence-electron chi connectivity index (χ1n) is 13.9. The summed E-state index contributed by atoms with van der Waals surface area (Å²) < 4.78 is 0. The predicted octanol–water partition coefficient (Wildman–Crippen LogP) is 5.50. The number of halogens is 1. The largest absolute Gasteiger partial charge is 0.508 e. The Kier molecular flexibility index (Phi) is 7.57. The molecular formula is C31H31ClN6O4. The molecule has 1 atom stereocenters. The van der Waals surface area contributed by atoms with E-state index in [4.69, 9.17) is 16.6 Å². The van der Waals surface area contributed by atoms with Crippen LogP contribution >= 0.6 is 11.6 Å². The smallest absolute Gasteiger partial charge is 0.324 e. The second-order valence-corrected chi connectivity index (χ2v) is 11.1. The fraction of sp³-hybridized carbons (Fsp3) is 0.290. The second kappa shape index (κ2) is 11.5. The number of urea groups is 1. The van der Waals surface area contributed by atoms with Crippen LogP contribution in [0.5, 0.6) is 5.75 Å². The first-order valence-corrected chi connectivity index (χ1v) is 14.3. The quantitative estimate of drug-likeness (QED) is 0.247. The van der Waals surface area contributed by atoms with Gasteiger partial charge in [0.05, 0.1) is 5.52 Å². The molecule has 6 rings (SSSR count). The van der Waals surface area contributed by atoms with Crippen molar-refractivity contribution in [1.82, 2.24) is 19.8 Å². The van der Waals surface area contributed by atoms with Gasteiger partial charge in [0.15, 0.2) is 0 Å². The first kappa shape index (κ1) is 27.7. The summed E-state index contributed by atoms with van der Waals surface area (Å²) in [5.41, 5.74) is 4.94. The van der Waals surface area contributed by atoms with Crippen LogP contribution < -0.4 is 10.2 Å². The minimum absolute atomic E-state index is 0.0681. The Morgan fingerprint density at radius 2 is 1.88 bits per heavy atom. The molecule has 3 heterocycles. The first-order chi connectivity index (χ1) is 20.3. The lowest BCUT2D eigenvalue weighted by Gasteiger charge is -2.24. The van der Waals surface area contributed by atoms with E-state index in [1.54, 1.807) is 34.2 Å². The molecule has 11 heteroatoms. The molecule has 2 saturated heterocycles. The molecule has 10 nitrogen and oxygen atoms in total. The topological polar surface area (TPSA) is 122 Å². The summed E-state index contributed by atoms with van der Waals surface area (Å²) in [5, 5.41) is 24.0. The molecule has 216 valence electrons. The van der Waals surface area contributed by atoms with Gasteiger partial charge in [-0.25, -0.2) is 14.8 Å². The van der Waals surface area contributed by atoms with E-state index in [0.717, 1.165) is 51.9 Å². The molecule has 0 bridgehead atoms. The number of hydrogen-bond acceptors (Lipinski definition) is 7. The fourth-order valence-corrected chi connectivity index (χ4v) is 6.01. The number of anilines is 3. The lowest BCUT2D eigenvalue weighted by molar-refractivity contribution is -0.142. The van der Waals surface area contributed by atoms with E-state index >= 15 is 0 Å². The Balaban J connectivity index is 1.11. The number of aromatic nitrogens is 2. The van der Waals surface area contributed by atoms with Crippen molar-refractivity contribution in [3.05, 3.63) is 71.4 Å². The molecule has 0 aliphatic carbocycles. The number of aromatic hydroxyl groups is 1. The van der Waals surface area contributed by atoms with Gasteiger partial charge in [-0.1, -0.05) is 11.6 Å². The molecular weight excluding hydrogens is 556 g/mol. The monoisotopic (exact) mass is 586 g/mol. The van der Waals surface area contributed by atoms with E-state index in [9.17, 15) is 19.8 Å². The van der Waals surface area contributed by atoms with Crippen LogP contribution in [0.1, 0.15) is 18.4 Å². The van der Waals surface area contributed by atoms with Gasteiger partial charge in [-0.05, 0) is 92.0 Å². The third-order valence-corrected chi connectivity index (χ3v) is 8.30. The Labute approximate surface area is 248 Å². The Bertz CT molecular complexity index is 1660. The highest BCUT2D eigenvalue weighted by Crippen LogP contribution is 2.34. The lowest BCUT2D eigenvalue weighted by Crippen LogP contribution is -2.42. The number of likely N-dealkylation sites (tertiary alicyclic amines) is 1. The summed E-state index contributed by atoms with van der Waals surface area (Å²) in [6.07, 6.45) is 3.29. The third-order valence-electron chi connectivity index (χ3n) is 7.97. The van der Waals surface area contributed by atoms with Gasteiger partial charge in [-0.2, -0.15) is 0 Å². The molecule has 0 spiro atoms. The van der Waals surface area contributed by atoms with Crippen LogP contribution in [0.3, 0.4) is 0 Å². The van der Waals surface area contributed by atoms with Crippen molar-refractivity contribution in [2.75, 3.05) is 42.9 Å². The molecule has 2 aliphatic heterocycles. The Hall–Kier alpha value is -4.41. The maximum Gasteiger partial charge on any atom is 0.324 e. The van der Waals surface area contributed by atoms with Crippen molar-refractivity contribution < 1.29 is 19.8 Å². The summed E-state index contributed by atoms with van der Waals surface area (Å²) in [6.45, 7) is 4.99. The number of nitrogens with zero attached hydrogens (tertiary/aromatic N) is 5. The average molecular weight is 587 g/mol. The number of carbonyl (C=O) groups is 2. The van der Waals surface area contributed by atoms with E-state index in [-0.39, 0.29) is 11.8 Å². The minimum atomic E-state index is -0.788. The fourth-order valence-electron chi connectivity index (χ4n) is 5.78. The van der Waals surface area contributed by atoms with Crippen molar-refractivity contribution in [3.8, 4) is 16.9 Å². The van der Waals surface area contributed by atoms with Gasteiger partial charge in [0.1, 0.15) is 11.8 Å². The van der Waals surface area contributed by atoms with Crippen LogP contribution in [0.4, 0.5) is 22.1 Å². The standard InChI is InChI=1S/C31H31ClN6O4/c1-19-15-20(25-17-24(39)8-9-26(25)32)16-21-18-33-30(35-28(19)21)34-22-4-6-23(7-5-22)38-14-13-37(31(38)42)12-11-36-10-2-3-27(36)29(40)41/h4-9,15-18,27,39H,2-3,10-14H2,1H3,(H,40,41)(H,33,34,35). The minimum Gasteiger partial charge on any atom is -0.508 e. The van der Waals surface area contributed by atoms with Crippen LogP contribution in [0, 0.1) is 6.92 Å². The zero-order valence-electron chi connectivity index (χ0n) is 23.1. The van der Waals surface area contributed by atoms with Crippen molar-refractivity contribution in [2.45, 2.75) is 25.8 Å². The summed E-state index contributed by atoms with van der Waals surface area (Å²) in [7, 11) is 0. The van der Waals surface area contributed by atoms with Crippen molar-refractivity contribution >= 4 is 51.8 Å². The number of rotatable bonds is 8. The zero-order chi connectivity index (χ0) is 29.4. The zero-order valence-corrected chi connectivity index (χ0v) is 23.9. The second-order valence-electron chi connectivity index (χ2n) is 10.7. The number of nitrogens with one attached hydrogen (secondary N) is 1. The van der Waals surface area contributed by atoms with Crippen LogP contribution in [0.15, 0.2) is 60.8 Å². The van der Waals surface area contributed by atoms with Crippen LogP contribution in [-0.4, -0.2) is 80.7 Å². The van der Waals surface area contributed by atoms with Crippen molar-refractivity contribution in [1.29, 1.82) is 0 Å². The maximum atomic E-state index is 13.1. The highest BCUT2D eigenvalue weighted by atomic mass is 35.5. The number of carboxylic acids is 1. The molecule has 0 radical (unpaired) electrons. The highest BCUT2D eigenvalue weighted by Gasteiger charge is 2.33. The summed E-state index contributed by atoms with van der Waals surface area (Å²) in [5.74, 6) is -0.190. The molecule has 1 aromatic heterocycles. The normalized spacial score (nSPS) is 17.4. The van der Waals surface area contributed by atoms with Gasteiger partial charge < -0.3 is 20.4 Å². The van der Waals surface area contributed by atoms with Gasteiger partial charge in [0.2, 0.25) is 5.95 Å². The molecule has 3 aromatic carbocycles. The van der Waals surface area contributed by atoms with Gasteiger partial charge in [0.25, 0.3) is 0 Å². The van der Waals surface area contributed by atoms with E-state index in [2.05, 4.69) is 10.3 Å². The van der Waals surface area contributed by atoms with E-state index in [1.165, 1.54) is 0 Å². The number of phenols is 1. The van der Waals surface area contributed by atoms with Crippen LogP contribution in [-0.2, 0) is 4.79 Å². The van der Waals surface area contributed by atoms with Gasteiger partial charge in [-0.3, -0.25) is 14.6 Å². The lowest BCUT2D eigenvalue weighted by atomic mass is 10.0. The number of benzene rings is 3. The molecule has 2 amide bonds. The van der Waals surface area contributed by atoms with Gasteiger partial charge in [0, 0.05) is 59.7 Å². The van der Waals surface area contributed by atoms with Crippen molar-refractivity contribution in [2.24, 2.45) is 0 Å². The number of fused-ring (bicyclic) bond motifs is 1. The number of amides is 2. The SMILES string of the molecule is Cc1cc(-c2cc(O)ccc2Cl)cc2cnc(Nc3ccc(N4CCN(CCN5CCCC5C(=O)O)C4=O)cc3)nc12. The molecule has 2 aliphatic rings. The highest BCUT2D eigenvalue weighted by molar-refractivity contribution is 6.33. The van der Waals surface area contributed by atoms with E-state index in [1.807, 2.05) is 48.2 Å². The third kappa shape index (κ3) is 5.55. The summed E-state index contributed by atoms with van der Waals surface area (Å²) in [6, 6.07) is 15.8. The number of carboxylic acid groups (broad SMARTS) is 1. The summed E-state index contributed by atoms with van der Waals surface area (Å²) >= 11 is 6.37. The molecule has 2 fully saturated rings. The molecule has 4 aromatic rings.